The van der Waals surface area contributed by atoms with Gasteiger partial charge in [-0.3, -0.25) is 14.7 Å². The minimum Gasteiger partial charge on any atom is -0.481 e. The number of pyridine rings is 2. The molecule has 0 unspecified atom stereocenters. The van der Waals surface area contributed by atoms with Gasteiger partial charge in [-0.15, -0.1) is 0 Å². The number of cyclic esters (lactones) is 1. The third-order valence-electron chi connectivity index (χ3n) is 7.12. The number of amides is 1. The highest BCUT2D eigenvalue weighted by Crippen LogP contribution is 2.29. The Hall–Kier alpha value is -4.38. The van der Waals surface area contributed by atoms with Gasteiger partial charge < -0.3 is 23.7 Å². The average Bonchev–Trinajstić information content (AvgIpc) is 3.39. The highest BCUT2D eigenvalue weighted by Gasteiger charge is 2.37. The molecule has 0 radical (unpaired) electrons. The Kier molecular flexibility index (Phi) is 9.15. The molecule has 1 atom stereocenters. The molecule has 2 aromatic heterocycles. The molecule has 216 valence electrons. The SMILES string of the molecule is COC(=O)CCN(CCCc1ccnc2ccc(OC)nc12)C[C@@H]1CN(C2=COC=C(C3=CC=CCC3)O2)C(=O)O1. The third kappa shape index (κ3) is 7.04. The lowest BCUT2D eigenvalue weighted by molar-refractivity contribution is -0.141. The number of allylic oxidation sites excluding steroid dienone is 4. The molecule has 2 aliphatic heterocycles. The van der Waals surface area contributed by atoms with Crippen LogP contribution in [0.3, 0.4) is 0 Å². The van der Waals surface area contributed by atoms with Crippen molar-refractivity contribution in [1.29, 1.82) is 0 Å². The normalized spacial score (nSPS) is 18.3. The lowest BCUT2D eigenvalue weighted by Gasteiger charge is -2.25. The van der Waals surface area contributed by atoms with Gasteiger partial charge >= 0.3 is 12.1 Å². The third-order valence-corrected chi connectivity index (χ3v) is 7.12. The van der Waals surface area contributed by atoms with Crippen molar-refractivity contribution in [2.45, 2.75) is 38.2 Å². The van der Waals surface area contributed by atoms with Crippen LogP contribution in [0.15, 0.2) is 72.4 Å². The van der Waals surface area contributed by atoms with Gasteiger partial charge in [-0.1, -0.05) is 18.2 Å². The zero-order chi connectivity index (χ0) is 28.6. The first-order valence-electron chi connectivity index (χ1n) is 13.7. The minimum absolute atomic E-state index is 0.234. The highest BCUT2D eigenvalue weighted by atomic mass is 16.6. The Morgan fingerprint density at radius 1 is 1.20 bits per heavy atom. The van der Waals surface area contributed by atoms with Crippen molar-refractivity contribution < 1.29 is 33.3 Å². The Balaban J connectivity index is 1.20. The van der Waals surface area contributed by atoms with Gasteiger partial charge in [0.05, 0.1) is 38.2 Å². The predicted octanol–water partition coefficient (Wildman–Crippen LogP) is 4.22. The van der Waals surface area contributed by atoms with Crippen molar-refractivity contribution in [2.24, 2.45) is 0 Å². The number of fused-ring (bicyclic) bond motifs is 1. The quantitative estimate of drug-likeness (QED) is 0.349. The number of nitrogens with zero attached hydrogens (tertiary/aromatic N) is 4. The highest BCUT2D eigenvalue weighted by molar-refractivity contribution is 5.78. The number of hydrogen-bond donors (Lipinski definition) is 0. The number of methoxy groups -OCH3 is 2. The summed E-state index contributed by atoms with van der Waals surface area (Å²) < 4.78 is 27.4. The maximum absolute atomic E-state index is 12.8. The van der Waals surface area contributed by atoms with Crippen LogP contribution in [-0.2, 0) is 30.2 Å². The molecule has 5 rings (SSSR count). The van der Waals surface area contributed by atoms with E-state index in [9.17, 15) is 9.59 Å². The van der Waals surface area contributed by atoms with Gasteiger partial charge in [0, 0.05) is 25.4 Å². The number of aryl methyl sites for hydroxylation is 1. The fourth-order valence-corrected chi connectivity index (χ4v) is 4.98. The summed E-state index contributed by atoms with van der Waals surface area (Å²) in [6.07, 6.45) is 13.4. The summed E-state index contributed by atoms with van der Waals surface area (Å²) in [5, 5.41) is 0. The van der Waals surface area contributed by atoms with Crippen molar-refractivity contribution >= 4 is 23.1 Å². The number of carbonyl (C=O) groups excluding carboxylic acids is 2. The molecule has 11 heteroatoms. The molecule has 1 aliphatic carbocycles. The van der Waals surface area contributed by atoms with E-state index in [2.05, 4.69) is 20.9 Å². The second-order valence-corrected chi connectivity index (χ2v) is 9.87. The van der Waals surface area contributed by atoms with Crippen LogP contribution in [0.2, 0.25) is 0 Å². The smallest absolute Gasteiger partial charge is 0.417 e. The largest absolute Gasteiger partial charge is 0.481 e. The van der Waals surface area contributed by atoms with Gasteiger partial charge in [0.1, 0.15) is 12.4 Å². The minimum atomic E-state index is -0.500. The summed E-state index contributed by atoms with van der Waals surface area (Å²) in [5.41, 5.74) is 3.69. The first-order chi connectivity index (χ1) is 20.0. The number of ether oxygens (including phenoxy) is 5. The first-order valence-corrected chi connectivity index (χ1v) is 13.7. The van der Waals surface area contributed by atoms with Crippen LogP contribution < -0.4 is 4.74 Å². The second-order valence-electron chi connectivity index (χ2n) is 9.87. The number of rotatable bonds is 12. The standard InChI is InChI=1S/C30H34N4O7/c1-37-26-11-10-24-29(32-26)22(12-14-31-24)9-6-15-33(16-13-28(35)38-2)17-23-18-34(30(36)40-23)27-20-39-19-25(41-27)21-7-4-3-5-8-21/h3-4,7,10-12,14,19-20,23H,5-6,8-9,13,15-18H2,1-2H3/t23-/m1/s1. The Morgan fingerprint density at radius 3 is 2.90 bits per heavy atom. The average molecular weight is 563 g/mol. The van der Waals surface area contributed by atoms with E-state index >= 15 is 0 Å². The molecule has 0 saturated carbocycles. The summed E-state index contributed by atoms with van der Waals surface area (Å²) in [5.74, 6) is 1.12. The van der Waals surface area contributed by atoms with Crippen molar-refractivity contribution in [2.75, 3.05) is 40.4 Å². The molecule has 1 fully saturated rings. The van der Waals surface area contributed by atoms with Crippen LogP contribution in [-0.4, -0.2) is 78.3 Å². The maximum Gasteiger partial charge on any atom is 0.417 e. The summed E-state index contributed by atoms with van der Waals surface area (Å²) in [6, 6.07) is 5.65. The monoisotopic (exact) mass is 562 g/mol. The van der Waals surface area contributed by atoms with Gasteiger partial charge in [-0.05, 0) is 55.5 Å². The van der Waals surface area contributed by atoms with Crippen LogP contribution in [0.4, 0.5) is 4.79 Å². The van der Waals surface area contributed by atoms with E-state index in [0.29, 0.717) is 43.7 Å². The summed E-state index contributed by atoms with van der Waals surface area (Å²) in [4.78, 5) is 37.3. The van der Waals surface area contributed by atoms with Crippen molar-refractivity contribution in [3.63, 3.8) is 0 Å². The Bertz CT molecular complexity index is 1400. The molecular weight excluding hydrogens is 528 g/mol. The van der Waals surface area contributed by atoms with Crippen LogP contribution in [0.1, 0.15) is 31.2 Å². The van der Waals surface area contributed by atoms with Crippen molar-refractivity contribution in [3.8, 4) is 5.88 Å². The summed E-state index contributed by atoms with van der Waals surface area (Å²) >= 11 is 0. The number of aromatic nitrogens is 2. The van der Waals surface area contributed by atoms with Gasteiger partial charge in [0.2, 0.25) is 11.8 Å². The molecule has 0 N–H and O–H groups in total. The number of hydrogen-bond acceptors (Lipinski definition) is 10. The number of carbonyl (C=O) groups is 2. The second kappa shape index (κ2) is 13.3. The van der Waals surface area contributed by atoms with E-state index in [-0.39, 0.29) is 12.4 Å². The lowest BCUT2D eigenvalue weighted by Crippen LogP contribution is -2.37. The number of esters is 1. The van der Waals surface area contributed by atoms with Gasteiger partial charge in [-0.25, -0.2) is 14.7 Å². The molecule has 2 aromatic rings. The van der Waals surface area contributed by atoms with E-state index in [1.165, 1.54) is 18.3 Å². The lowest BCUT2D eigenvalue weighted by atomic mass is 10.0. The van der Waals surface area contributed by atoms with E-state index in [4.69, 9.17) is 23.7 Å². The predicted molar refractivity (Wildman–Crippen MR) is 149 cm³/mol. The fraction of sp³-hybridized carbons (Fsp3) is 0.400. The zero-order valence-electron chi connectivity index (χ0n) is 23.3. The van der Waals surface area contributed by atoms with E-state index in [0.717, 1.165) is 47.9 Å². The van der Waals surface area contributed by atoms with E-state index in [1.54, 1.807) is 25.6 Å². The van der Waals surface area contributed by atoms with Crippen LogP contribution in [0, 0.1) is 0 Å². The van der Waals surface area contributed by atoms with Crippen LogP contribution in [0.25, 0.3) is 11.0 Å². The van der Waals surface area contributed by atoms with Crippen molar-refractivity contribution in [3.05, 3.63) is 77.9 Å². The molecular formula is C30H34N4O7. The summed E-state index contributed by atoms with van der Waals surface area (Å²) in [7, 11) is 2.97. The first kappa shape index (κ1) is 28.2. The Labute approximate surface area is 238 Å². The topological polar surface area (TPSA) is 113 Å². The molecule has 3 aliphatic rings. The molecule has 0 bridgehead atoms. The van der Waals surface area contributed by atoms with E-state index in [1.807, 2.05) is 24.3 Å². The van der Waals surface area contributed by atoms with E-state index < -0.39 is 12.2 Å². The maximum atomic E-state index is 12.8. The molecule has 4 heterocycles. The van der Waals surface area contributed by atoms with Gasteiger partial charge in [0.15, 0.2) is 12.0 Å². The zero-order valence-corrected chi connectivity index (χ0v) is 23.3. The van der Waals surface area contributed by atoms with Gasteiger partial charge in [-0.2, -0.15) is 0 Å². The molecule has 11 nitrogen and oxygen atoms in total. The fourth-order valence-electron chi connectivity index (χ4n) is 4.98. The molecule has 1 saturated heterocycles. The summed E-state index contributed by atoms with van der Waals surface area (Å²) in [6.45, 7) is 1.90. The molecule has 41 heavy (non-hydrogen) atoms. The molecule has 0 aromatic carbocycles. The van der Waals surface area contributed by atoms with Crippen LogP contribution in [0.5, 0.6) is 5.88 Å². The molecule has 1 amide bonds. The van der Waals surface area contributed by atoms with Crippen LogP contribution >= 0.6 is 0 Å². The Morgan fingerprint density at radius 2 is 2.10 bits per heavy atom. The molecule has 0 spiro atoms. The van der Waals surface area contributed by atoms with Crippen molar-refractivity contribution in [1.82, 2.24) is 19.8 Å². The van der Waals surface area contributed by atoms with Gasteiger partial charge in [0.25, 0.3) is 0 Å².